The number of nitrogens with zero attached hydrogens (tertiary/aromatic N) is 4. The van der Waals surface area contributed by atoms with Crippen molar-refractivity contribution in [2.75, 3.05) is 38.1 Å². The van der Waals surface area contributed by atoms with E-state index in [0.717, 1.165) is 37.6 Å². The summed E-state index contributed by atoms with van der Waals surface area (Å²) >= 11 is 5.84. The number of carbonyl (C=O) groups is 1. The zero-order valence-corrected chi connectivity index (χ0v) is 14.3. The van der Waals surface area contributed by atoms with Gasteiger partial charge in [0.15, 0.2) is 11.5 Å². The molecule has 6 nitrogen and oxygen atoms in total. The zero-order chi connectivity index (χ0) is 16.9. The van der Waals surface area contributed by atoms with Crippen LogP contribution in [0.2, 0.25) is 5.02 Å². The van der Waals surface area contributed by atoms with Gasteiger partial charge in [0.2, 0.25) is 0 Å². The lowest BCUT2D eigenvalue weighted by Crippen LogP contribution is -2.44. The van der Waals surface area contributed by atoms with Gasteiger partial charge in [-0.2, -0.15) is 0 Å². The first-order valence-corrected chi connectivity index (χ1v) is 8.29. The van der Waals surface area contributed by atoms with Crippen LogP contribution in [0.5, 0.6) is 0 Å². The minimum absolute atomic E-state index is 0.234. The Labute approximate surface area is 146 Å². The van der Waals surface area contributed by atoms with Gasteiger partial charge in [-0.05, 0) is 36.9 Å². The van der Waals surface area contributed by atoms with E-state index in [1.807, 2.05) is 18.2 Å². The van der Waals surface area contributed by atoms with Crippen molar-refractivity contribution in [3.05, 3.63) is 52.7 Å². The average Bonchev–Trinajstić information content (AvgIpc) is 2.62. The Morgan fingerprint density at radius 1 is 1.08 bits per heavy atom. The van der Waals surface area contributed by atoms with E-state index in [1.165, 1.54) is 0 Å². The van der Waals surface area contributed by atoms with Gasteiger partial charge >= 0.3 is 0 Å². The summed E-state index contributed by atoms with van der Waals surface area (Å²) in [6.07, 6.45) is 0. The van der Waals surface area contributed by atoms with Crippen LogP contribution in [0.3, 0.4) is 0 Å². The van der Waals surface area contributed by atoms with Crippen LogP contribution in [-0.4, -0.2) is 54.2 Å². The molecule has 0 radical (unpaired) electrons. The van der Waals surface area contributed by atoms with Crippen molar-refractivity contribution in [3.63, 3.8) is 0 Å². The third kappa shape index (κ3) is 4.21. The van der Waals surface area contributed by atoms with Crippen LogP contribution in [0.15, 0.2) is 36.4 Å². The summed E-state index contributed by atoms with van der Waals surface area (Å²) in [5.74, 6) is 0.583. The molecule has 1 fully saturated rings. The fourth-order valence-electron chi connectivity index (χ4n) is 2.53. The quantitative estimate of drug-likeness (QED) is 0.915. The molecule has 7 heteroatoms. The van der Waals surface area contributed by atoms with E-state index in [0.29, 0.717) is 17.3 Å². The number of piperazine rings is 1. The van der Waals surface area contributed by atoms with Crippen LogP contribution < -0.4 is 10.2 Å². The highest BCUT2D eigenvalue weighted by Crippen LogP contribution is 2.12. The van der Waals surface area contributed by atoms with Crippen LogP contribution in [-0.2, 0) is 6.54 Å². The molecule has 1 aliphatic rings. The maximum absolute atomic E-state index is 12.2. The molecule has 1 N–H and O–H groups in total. The highest BCUT2D eigenvalue weighted by atomic mass is 35.5. The summed E-state index contributed by atoms with van der Waals surface area (Å²) < 4.78 is 0. The monoisotopic (exact) mass is 345 g/mol. The number of benzene rings is 1. The predicted molar refractivity (Wildman–Crippen MR) is 94.4 cm³/mol. The lowest BCUT2D eigenvalue weighted by atomic mass is 10.2. The largest absolute Gasteiger partial charge is 0.353 e. The van der Waals surface area contributed by atoms with E-state index in [1.54, 1.807) is 18.2 Å². The Hall–Kier alpha value is -2.18. The Kier molecular flexibility index (Phi) is 5.27. The second-order valence-corrected chi connectivity index (χ2v) is 6.31. The van der Waals surface area contributed by atoms with Gasteiger partial charge in [-0.15, -0.1) is 10.2 Å². The number of hydrogen-bond donors (Lipinski definition) is 1. The average molecular weight is 346 g/mol. The summed E-state index contributed by atoms with van der Waals surface area (Å²) in [6, 6.07) is 10.9. The number of amides is 1. The Morgan fingerprint density at radius 2 is 1.79 bits per heavy atom. The van der Waals surface area contributed by atoms with Crippen molar-refractivity contribution in [2.45, 2.75) is 6.54 Å². The van der Waals surface area contributed by atoms with Crippen molar-refractivity contribution in [2.24, 2.45) is 0 Å². The number of likely N-dealkylation sites (N-methyl/N-ethyl adjacent to an activating group) is 1. The minimum Gasteiger partial charge on any atom is -0.353 e. The molecule has 0 saturated carbocycles. The van der Waals surface area contributed by atoms with Crippen molar-refractivity contribution < 1.29 is 4.79 Å². The van der Waals surface area contributed by atoms with E-state index in [-0.39, 0.29) is 5.91 Å². The molecule has 2 heterocycles. The second-order valence-electron chi connectivity index (χ2n) is 5.88. The number of halogens is 1. The van der Waals surface area contributed by atoms with Gasteiger partial charge in [0.25, 0.3) is 5.91 Å². The number of carbonyl (C=O) groups excluding carboxylic acids is 1. The fraction of sp³-hybridized carbons (Fsp3) is 0.353. The van der Waals surface area contributed by atoms with Gasteiger partial charge in [-0.1, -0.05) is 23.7 Å². The van der Waals surface area contributed by atoms with Crippen molar-refractivity contribution in [3.8, 4) is 0 Å². The van der Waals surface area contributed by atoms with Crippen LogP contribution >= 0.6 is 11.6 Å². The lowest BCUT2D eigenvalue weighted by molar-refractivity contribution is 0.0945. The van der Waals surface area contributed by atoms with Gasteiger partial charge in [-0.25, -0.2) is 0 Å². The van der Waals surface area contributed by atoms with Crippen LogP contribution in [0.1, 0.15) is 16.1 Å². The van der Waals surface area contributed by atoms with Crippen LogP contribution in [0.25, 0.3) is 0 Å². The third-order valence-corrected chi connectivity index (χ3v) is 4.33. The van der Waals surface area contributed by atoms with Gasteiger partial charge in [0.05, 0.1) is 0 Å². The lowest BCUT2D eigenvalue weighted by Gasteiger charge is -2.32. The summed E-state index contributed by atoms with van der Waals surface area (Å²) in [5, 5.41) is 11.8. The molecular formula is C17H20ClN5O. The van der Waals surface area contributed by atoms with E-state index >= 15 is 0 Å². The molecule has 0 aliphatic carbocycles. The Morgan fingerprint density at radius 3 is 2.42 bits per heavy atom. The number of anilines is 1. The molecule has 0 spiro atoms. The summed E-state index contributed by atoms with van der Waals surface area (Å²) in [6.45, 7) is 4.29. The highest BCUT2D eigenvalue weighted by Gasteiger charge is 2.16. The van der Waals surface area contributed by atoms with Gasteiger partial charge < -0.3 is 15.1 Å². The molecular weight excluding hydrogens is 326 g/mol. The maximum atomic E-state index is 12.2. The number of hydrogen-bond acceptors (Lipinski definition) is 5. The number of nitrogens with one attached hydrogen (secondary N) is 1. The second kappa shape index (κ2) is 7.59. The maximum Gasteiger partial charge on any atom is 0.272 e. The summed E-state index contributed by atoms with van der Waals surface area (Å²) in [4.78, 5) is 16.6. The number of rotatable bonds is 4. The standard InChI is InChI=1S/C17H20ClN5O/c1-22-8-10-23(11-9-22)16-7-6-15(20-21-16)17(24)19-12-13-2-4-14(18)5-3-13/h2-7H,8-12H2,1H3,(H,19,24). The van der Waals surface area contributed by atoms with E-state index in [4.69, 9.17) is 11.6 Å². The zero-order valence-electron chi connectivity index (χ0n) is 13.6. The number of aromatic nitrogens is 2. The molecule has 0 unspecified atom stereocenters. The first kappa shape index (κ1) is 16.7. The van der Waals surface area contributed by atoms with Crippen molar-refractivity contribution >= 4 is 23.3 Å². The predicted octanol–water partition coefficient (Wildman–Crippen LogP) is 1.81. The summed E-state index contributed by atoms with van der Waals surface area (Å²) in [7, 11) is 2.11. The first-order valence-electron chi connectivity index (χ1n) is 7.92. The van der Waals surface area contributed by atoms with Crippen molar-refractivity contribution in [1.29, 1.82) is 0 Å². The van der Waals surface area contributed by atoms with Crippen molar-refractivity contribution in [1.82, 2.24) is 20.4 Å². The van der Waals surface area contributed by atoms with Crippen LogP contribution in [0.4, 0.5) is 5.82 Å². The molecule has 2 aromatic rings. The topological polar surface area (TPSA) is 61.4 Å². The molecule has 1 aliphatic heterocycles. The highest BCUT2D eigenvalue weighted by molar-refractivity contribution is 6.30. The van der Waals surface area contributed by atoms with Gasteiger partial charge in [0, 0.05) is 37.7 Å². The normalized spacial score (nSPS) is 15.3. The SMILES string of the molecule is CN1CCN(c2ccc(C(=O)NCc3ccc(Cl)cc3)nn2)CC1. The Balaban J connectivity index is 1.56. The molecule has 1 aromatic carbocycles. The molecule has 1 saturated heterocycles. The van der Waals surface area contributed by atoms with Gasteiger partial charge in [0.1, 0.15) is 0 Å². The molecule has 1 amide bonds. The molecule has 126 valence electrons. The fourth-order valence-corrected chi connectivity index (χ4v) is 2.65. The van der Waals surface area contributed by atoms with Gasteiger partial charge in [-0.3, -0.25) is 4.79 Å². The molecule has 1 aromatic heterocycles. The molecule has 3 rings (SSSR count). The van der Waals surface area contributed by atoms with E-state index in [2.05, 4.69) is 32.4 Å². The smallest absolute Gasteiger partial charge is 0.272 e. The Bertz CT molecular complexity index is 681. The van der Waals surface area contributed by atoms with E-state index < -0.39 is 0 Å². The summed E-state index contributed by atoms with van der Waals surface area (Å²) in [5.41, 5.74) is 1.30. The van der Waals surface area contributed by atoms with Crippen LogP contribution in [0, 0.1) is 0 Å². The first-order chi connectivity index (χ1) is 11.6. The van der Waals surface area contributed by atoms with E-state index in [9.17, 15) is 4.79 Å². The minimum atomic E-state index is -0.234. The molecule has 24 heavy (non-hydrogen) atoms. The molecule has 0 atom stereocenters. The molecule has 0 bridgehead atoms. The third-order valence-electron chi connectivity index (χ3n) is 4.08.